The van der Waals surface area contributed by atoms with E-state index in [4.69, 9.17) is 10.5 Å². The van der Waals surface area contributed by atoms with Crippen LogP contribution in [0, 0.1) is 5.92 Å². The van der Waals surface area contributed by atoms with Crippen LogP contribution >= 0.6 is 35.7 Å². The van der Waals surface area contributed by atoms with Crippen LogP contribution in [0.3, 0.4) is 0 Å². The number of aliphatic imine (C=N–C) groups is 1. The lowest BCUT2D eigenvalue weighted by atomic mass is 10.2. The van der Waals surface area contributed by atoms with Crippen molar-refractivity contribution in [1.29, 1.82) is 0 Å². The van der Waals surface area contributed by atoms with Gasteiger partial charge in [-0.05, 0) is 30.9 Å². The maximum atomic E-state index is 6.01. The van der Waals surface area contributed by atoms with Gasteiger partial charge in [0.05, 0.1) is 7.11 Å². The predicted molar refractivity (Wildman–Crippen MR) is 106 cm³/mol. The molecule has 1 unspecified atom stereocenters. The molecule has 0 aromatic heterocycles. The summed E-state index contributed by atoms with van der Waals surface area (Å²) in [6.45, 7) is 2.97. The molecule has 0 bridgehead atoms. The quantitative estimate of drug-likeness (QED) is 0.309. The van der Waals surface area contributed by atoms with Crippen molar-refractivity contribution in [2.24, 2.45) is 16.6 Å². The van der Waals surface area contributed by atoms with Crippen LogP contribution in [0.25, 0.3) is 0 Å². The molecule has 6 heteroatoms. The second-order valence-corrected chi connectivity index (χ2v) is 6.67. The standard InChI is InChI=1S/C16H25N3OS.HI/c1-12(10-18-16(17)19(2)13-8-9-13)11-21-15-7-5-4-6-14(15)20-3;/h4-7,12-13H,8-11H2,1-3H3,(H2,17,18);1H. The Morgan fingerprint density at radius 3 is 2.77 bits per heavy atom. The van der Waals surface area contributed by atoms with E-state index in [9.17, 15) is 0 Å². The van der Waals surface area contributed by atoms with Crippen LogP contribution in [0.4, 0.5) is 0 Å². The Hall–Kier alpha value is -0.630. The molecule has 4 nitrogen and oxygen atoms in total. The average molecular weight is 435 g/mol. The molecule has 1 saturated carbocycles. The summed E-state index contributed by atoms with van der Waals surface area (Å²) in [7, 11) is 3.74. The maximum absolute atomic E-state index is 6.01. The Balaban J connectivity index is 0.00000242. The molecule has 0 amide bonds. The van der Waals surface area contributed by atoms with Crippen LogP contribution in [0.1, 0.15) is 19.8 Å². The van der Waals surface area contributed by atoms with Crippen molar-refractivity contribution in [3.63, 3.8) is 0 Å². The topological polar surface area (TPSA) is 50.9 Å². The predicted octanol–water partition coefficient (Wildman–Crippen LogP) is 3.45. The Morgan fingerprint density at radius 2 is 2.14 bits per heavy atom. The number of methoxy groups -OCH3 is 1. The lowest BCUT2D eigenvalue weighted by molar-refractivity contribution is 0.405. The van der Waals surface area contributed by atoms with Gasteiger partial charge in [-0.25, -0.2) is 0 Å². The molecule has 0 saturated heterocycles. The lowest BCUT2D eigenvalue weighted by Gasteiger charge is -2.18. The summed E-state index contributed by atoms with van der Waals surface area (Å²) in [5, 5.41) is 0. The zero-order valence-corrected chi connectivity index (χ0v) is 16.6. The number of halogens is 1. The summed E-state index contributed by atoms with van der Waals surface area (Å²) in [6.07, 6.45) is 2.48. The SMILES string of the molecule is COc1ccccc1SCC(C)CN=C(N)N(C)C1CC1.I. The molecule has 2 N–H and O–H groups in total. The fraction of sp³-hybridized carbons (Fsp3) is 0.562. The molecule has 1 aromatic rings. The molecule has 124 valence electrons. The molecule has 1 atom stereocenters. The van der Waals surface area contributed by atoms with Gasteiger partial charge in [0.2, 0.25) is 0 Å². The van der Waals surface area contributed by atoms with E-state index < -0.39 is 0 Å². The van der Waals surface area contributed by atoms with Crippen LogP contribution in [0.5, 0.6) is 5.75 Å². The van der Waals surface area contributed by atoms with Crippen LogP contribution in [-0.2, 0) is 0 Å². The van der Waals surface area contributed by atoms with Crippen molar-refractivity contribution < 1.29 is 4.74 Å². The van der Waals surface area contributed by atoms with Crippen molar-refractivity contribution in [3.8, 4) is 5.75 Å². The Morgan fingerprint density at radius 1 is 1.45 bits per heavy atom. The van der Waals surface area contributed by atoms with Crippen molar-refractivity contribution in [2.75, 3.05) is 26.5 Å². The third kappa shape index (κ3) is 5.87. The number of benzene rings is 1. The van der Waals surface area contributed by atoms with Crippen molar-refractivity contribution in [2.45, 2.75) is 30.7 Å². The third-order valence-electron chi connectivity index (χ3n) is 3.61. The summed E-state index contributed by atoms with van der Waals surface area (Å²) in [4.78, 5) is 7.79. The number of thioether (sulfide) groups is 1. The minimum absolute atomic E-state index is 0. The third-order valence-corrected chi connectivity index (χ3v) is 5.00. The first-order valence-electron chi connectivity index (χ1n) is 7.40. The van der Waals surface area contributed by atoms with E-state index in [1.165, 1.54) is 17.7 Å². The molecule has 1 aromatic carbocycles. The van der Waals surface area contributed by atoms with Gasteiger partial charge in [-0.15, -0.1) is 35.7 Å². The first-order valence-corrected chi connectivity index (χ1v) is 8.39. The summed E-state index contributed by atoms with van der Waals surface area (Å²) in [6, 6.07) is 8.73. The zero-order valence-electron chi connectivity index (χ0n) is 13.5. The molecule has 0 heterocycles. The summed E-state index contributed by atoms with van der Waals surface area (Å²) in [5.41, 5.74) is 6.01. The molecule has 1 fully saturated rings. The molecular weight excluding hydrogens is 409 g/mol. The highest BCUT2D eigenvalue weighted by Gasteiger charge is 2.27. The first-order chi connectivity index (χ1) is 10.1. The Labute approximate surface area is 154 Å². The van der Waals surface area contributed by atoms with Gasteiger partial charge in [0.1, 0.15) is 5.75 Å². The fourth-order valence-electron chi connectivity index (χ4n) is 2.03. The van der Waals surface area contributed by atoms with Gasteiger partial charge in [0.25, 0.3) is 0 Å². The molecular formula is C16H26IN3OS. The molecule has 0 radical (unpaired) electrons. The van der Waals surface area contributed by atoms with Crippen LogP contribution < -0.4 is 10.5 Å². The molecule has 2 rings (SSSR count). The van der Waals surface area contributed by atoms with Crippen LogP contribution in [0.2, 0.25) is 0 Å². The van der Waals surface area contributed by atoms with Crippen molar-refractivity contribution >= 4 is 41.7 Å². The number of para-hydroxylation sites is 1. The number of nitrogens with two attached hydrogens (primary N) is 1. The largest absolute Gasteiger partial charge is 0.496 e. The summed E-state index contributed by atoms with van der Waals surface area (Å²) >= 11 is 1.81. The second-order valence-electron chi connectivity index (χ2n) is 5.61. The lowest BCUT2D eigenvalue weighted by Crippen LogP contribution is -2.36. The Kier molecular flexibility index (Phi) is 8.38. The van der Waals surface area contributed by atoms with E-state index in [1.807, 2.05) is 37.0 Å². The molecule has 0 spiro atoms. The van der Waals surface area contributed by atoms with Gasteiger partial charge >= 0.3 is 0 Å². The van der Waals surface area contributed by atoms with Gasteiger partial charge in [-0.2, -0.15) is 0 Å². The molecule has 1 aliphatic carbocycles. The fourth-order valence-corrected chi connectivity index (χ4v) is 3.07. The molecule has 1 aliphatic rings. The normalized spacial score (nSPS) is 15.9. The van der Waals surface area contributed by atoms with E-state index in [-0.39, 0.29) is 24.0 Å². The molecule has 0 aliphatic heterocycles. The average Bonchev–Trinajstić information content (AvgIpc) is 3.34. The van der Waals surface area contributed by atoms with Gasteiger partial charge in [0, 0.05) is 30.3 Å². The van der Waals surface area contributed by atoms with Gasteiger partial charge < -0.3 is 15.4 Å². The van der Waals surface area contributed by atoms with E-state index in [0.717, 1.165) is 18.0 Å². The highest BCUT2D eigenvalue weighted by atomic mass is 127. The second kappa shape index (κ2) is 9.50. The van der Waals surface area contributed by atoms with E-state index in [1.54, 1.807) is 7.11 Å². The minimum Gasteiger partial charge on any atom is -0.496 e. The van der Waals surface area contributed by atoms with Crippen molar-refractivity contribution in [1.82, 2.24) is 4.90 Å². The smallest absolute Gasteiger partial charge is 0.191 e. The highest BCUT2D eigenvalue weighted by Crippen LogP contribution is 2.30. The number of rotatable bonds is 7. The van der Waals surface area contributed by atoms with Crippen molar-refractivity contribution in [3.05, 3.63) is 24.3 Å². The Bertz CT molecular complexity index is 494. The van der Waals surface area contributed by atoms with Gasteiger partial charge in [-0.1, -0.05) is 19.1 Å². The maximum Gasteiger partial charge on any atom is 0.191 e. The number of hydrogen-bond acceptors (Lipinski definition) is 3. The van der Waals surface area contributed by atoms with E-state index >= 15 is 0 Å². The minimum atomic E-state index is 0. The highest BCUT2D eigenvalue weighted by molar-refractivity contribution is 14.0. The van der Waals surface area contributed by atoms with E-state index in [0.29, 0.717) is 17.9 Å². The van der Waals surface area contributed by atoms with Gasteiger partial charge in [-0.3, -0.25) is 4.99 Å². The number of hydrogen-bond donors (Lipinski definition) is 1. The van der Waals surface area contributed by atoms with Crippen LogP contribution in [-0.4, -0.2) is 43.4 Å². The number of guanidine groups is 1. The monoisotopic (exact) mass is 435 g/mol. The summed E-state index contributed by atoms with van der Waals surface area (Å²) < 4.78 is 5.37. The number of nitrogens with zero attached hydrogens (tertiary/aromatic N) is 2. The van der Waals surface area contributed by atoms with Crippen LogP contribution in [0.15, 0.2) is 34.2 Å². The first kappa shape index (κ1) is 19.4. The van der Waals surface area contributed by atoms with E-state index in [2.05, 4.69) is 22.9 Å². The summed E-state index contributed by atoms with van der Waals surface area (Å²) in [5.74, 6) is 3.09. The molecule has 22 heavy (non-hydrogen) atoms. The zero-order chi connectivity index (χ0) is 15.2. The number of ether oxygens (including phenoxy) is 1. The van der Waals surface area contributed by atoms with Gasteiger partial charge in [0.15, 0.2) is 5.96 Å².